The average Bonchev–Trinajstić information content (AvgIpc) is 2.74. The molecule has 0 atom stereocenters. The fourth-order valence-corrected chi connectivity index (χ4v) is 4.45. The van der Waals surface area contributed by atoms with Crippen LogP contribution in [0.5, 0.6) is 5.75 Å². The first-order chi connectivity index (χ1) is 14.1. The van der Waals surface area contributed by atoms with Crippen LogP contribution in [0, 0.1) is 5.82 Å². The molecular weight excluding hydrogens is 413 g/mol. The lowest BCUT2D eigenvalue weighted by Gasteiger charge is -2.27. The molecule has 0 bridgehead atoms. The smallest absolute Gasteiger partial charge is 0.257 e. The van der Waals surface area contributed by atoms with Crippen molar-refractivity contribution >= 4 is 51.5 Å². The van der Waals surface area contributed by atoms with Crippen LogP contribution < -0.4 is 10.1 Å². The molecule has 0 unspecified atom stereocenters. The van der Waals surface area contributed by atoms with Crippen LogP contribution in [0.4, 0.5) is 15.8 Å². The molecule has 150 valence electrons. The lowest BCUT2D eigenvalue weighted by molar-refractivity contribution is 0.0773. The van der Waals surface area contributed by atoms with Crippen molar-refractivity contribution in [2.24, 2.45) is 0 Å². The van der Waals surface area contributed by atoms with E-state index in [0.717, 1.165) is 11.5 Å². The number of aromatic nitrogens is 1. The first kappa shape index (κ1) is 19.8. The summed E-state index contributed by atoms with van der Waals surface area (Å²) in [5.41, 5.74) is 2.18. The Balaban J connectivity index is 1.81. The van der Waals surface area contributed by atoms with Crippen LogP contribution >= 0.6 is 23.4 Å². The van der Waals surface area contributed by atoms with Gasteiger partial charge in [-0.3, -0.25) is 9.78 Å². The van der Waals surface area contributed by atoms with Crippen molar-refractivity contribution in [2.45, 2.75) is 0 Å². The van der Waals surface area contributed by atoms with Crippen LogP contribution in [0.15, 0.2) is 42.6 Å². The molecule has 5 nitrogen and oxygen atoms in total. The van der Waals surface area contributed by atoms with Crippen molar-refractivity contribution in [3.05, 3.63) is 59.0 Å². The third kappa shape index (κ3) is 4.11. The number of carbonyl (C=O) groups is 1. The van der Waals surface area contributed by atoms with Crippen molar-refractivity contribution < 1.29 is 13.9 Å². The zero-order chi connectivity index (χ0) is 20.4. The SMILES string of the molecule is COc1ccc(Nc2c(C(=O)N3CCSCC3)cnc3ccc(F)cc23)cc1Cl. The number of pyridine rings is 1. The van der Waals surface area contributed by atoms with Gasteiger partial charge >= 0.3 is 0 Å². The normalized spacial score (nSPS) is 14.1. The summed E-state index contributed by atoms with van der Waals surface area (Å²) in [5.74, 6) is 1.83. The molecule has 1 amide bonds. The van der Waals surface area contributed by atoms with E-state index in [1.54, 1.807) is 37.6 Å². The van der Waals surface area contributed by atoms with Gasteiger partial charge in [0, 0.05) is 41.9 Å². The van der Waals surface area contributed by atoms with Crippen LogP contribution in [0.3, 0.4) is 0 Å². The minimum atomic E-state index is -0.394. The number of hydrogen-bond donors (Lipinski definition) is 1. The van der Waals surface area contributed by atoms with E-state index in [4.69, 9.17) is 16.3 Å². The second-order valence-electron chi connectivity index (χ2n) is 6.59. The number of nitrogens with one attached hydrogen (secondary N) is 1. The monoisotopic (exact) mass is 431 g/mol. The molecule has 1 aliphatic heterocycles. The Morgan fingerprint density at radius 2 is 2.03 bits per heavy atom. The zero-order valence-electron chi connectivity index (χ0n) is 15.7. The summed E-state index contributed by atoms with van der Waals surface area (Å²) >= 11 is 8.07. The Kier molecular flexibility index (Phi) is 5.78. The molecule has 4 rings (SSSR count). The molecule has 0 saturated carbocycles. The first-order valence-corrected chi connectivity index (χ1v) is 10.7. The Morgan fingerprint density at radius 3 is 2.76 bits per heavy atom. The number of thioether (sulfide) groups is 1. The maximum absolute atomic E-state index is 14.0. The van der Waals surface area contributed by atoms with E-state index in [9.17, 15) is 9.18 Å². The molecule has 1 N–H and O–H groups in total. The molecular formula is C21H19ClFN3O2S. The number of carbonyl (C=O) groups excluding carboxylic acids is 1. The number of benzene rings is 2. The Bertz CT molecular complexity index is 1070. The number of methoxy groups -OCH3 is 1. The van der Waals surface area contributed by atoms with Crippen molar-refractivity contribution in [2.75, 3.05) is 37.0 Å². The highest BCUT2D eigenvalue weighted by atomic mass is 35.5. The summed E-state index contributed by atoms with van der Waals surface area (Å²) in [6.45, 7) is 1.36. The van der Waals surface area contributed by atoms with Crippen LogP contribution in [0.2, 0.25) is 5.02 Å². The van der Waals surface area contributed by atoms with Crippen molar-refractivity contribution in [3.8, 4) is 5.75 Å². The third-order valence-corrected chi connectivity index (χ3v) is 6.02. The number of ether oxygens (including phenoxy) is 1. The van der Waals surface area contributed by atoms with Gasteiger partial charge in [-0.25, -0.2) is 4.39 Å². The van der Waals surface area contributed by atoms with Crippen LogP contribution in [0.1, 0.15) is 10.4 Å². The lowest BCUT2D eigenvalue weighted by atomic mass is 10.1. The second-order valence-corrected chi connectivity index (χ2v) is 8.22. The minimum absolute atomic E-state index is 0.119. The van der Waals surface area contributed by atoms with Gasteiger partial charge in [0.05, 0.1) is 28.9 Å². The third-order valence-electron chi connectivity index (χ3n) is 4.78. The van der Waals surface area contributed by atoms with E-state index >= 15 is 0 Å². The summed E-state index contributed by atoms with van der Waals surface area (Å²) < 4.78 is 19.2. The average molecular weight is 432 g/mol. The lowest BCUT2D eigenvalue weighted by Crippen LogP contribution is -2.38. The summed E-state index contributed by atoms with van der Waals surface area (Å²) in [6.07, 6.45) is 1.55. The summed E-state index contributed by atoms with van der Waals surface area (Å²) in [5, 5.41) is 4.23. The van der Waals surface area contributed by atoms with Crippen molar-refractivity contribution in [1.29, 1.82) is 0 Å². The first-order valence-electron chi connectivity index (χ1n) is 9.12. The Hall–Kier alpha value is -2.51. The quantitative estimate of drug-likeness (QED) is 0.632. The molecule has 1 fully saturated rings. The number of nitrogens with zero attached hydrogens (tertiary/aromatic N) is 2. The molecule has 3 aromatic rings. The molecule has 1 aromatic heterocycles. The van der Waals surface area contributed by atoms with Gasteiger partial charge in [-0.1, -0.05) is 11.6 Å². The Labute approximate surface area is 177 Å². The van der Waals surface area contributed by atoms with Crippen molar-refractivity contribution in [3.63, 3.8) is 0 Å². The van der Waals surface area contributed by atoms with E-state index in [0.29, 0.717) is 51.7 Å². The number of rotatable bonds is 4. The predicted molar refractivity (Wildman–Crippen MR) is 116 cm³/mol. The summed E-state index contributed by atoms with van der Waals surface area (Å²) in [7, 11) is 1.54. The van der Waals surface area contributed by atoms with Crippen LogP contribution in [0.25, 0.3) is 10.9 Å². The molecule has 0 aliphatic carbocycles. The van der Waals surface area contributed by atoms with Gasteiger partial charge < -0.3 is 15.0 Å². The zero-order valence-corrected chi connectivity index (χ0v) is 17.3. The van der Waals surface area contributed by atoms with Gasteiger partial charge in [0.25, 0.3) is 5.91 Å². The molecule has 2 aromatic carbocycles. The van der Waals surface area contributed by atoms with E-state index in [1.165, 1.54) is 12.1 Å². The Morgan fingerprint density at radius 1 is 1.24 bits per heavy atom. The van der Waals surface area contributed by atoms with Crippen molar-refractivity contribution in [1.82, 2.24) is 9.88 Å². The van der Waals surface area contributed by atoms with E-state index in [-0.39, 0.29) is 5.91 Å². The highest BCUT2D eigenvalue weighted by Crippen LogP contribution is 2.34. The maximum Gasteiger partial charge on any atom is 0.257 e. The van der Waals surface area contributed by atoms with Gasteiger partial charge in [0.2, 0.25) is 0 Å². The van der Waals surface area contributed by atoms with Gasteiger partial charge in [0.15, 0.2) is 0 Å². The highest BCUT2D eigenvalue weighted by Gasteiger charge is 2.23. The molecule has 0 radical (unpaired) electrons. The number of anilines is 2. The number of hydrogen-bond acceptors (Lipinski definition) is 5. The second kappa shape index (κ2) is 8.47. The summed E-state index contributed by atoms with van der Waals surface area (Å²) in [6, 6.07) is 9.58. The van der Waals surface area contributed by atoms with E-state index in [2.05, 4.69) is 10.3 Å². The molecule has 1 saturated heterocycles. The van der Waals surface area contributed by atoms with E-state index in [1.807, 2.05) is 16.7 Å². The highest BCUT2D eigenvalue weighted by molar-refractivity contribution is 7.99. The number of amides is 1. The maximum atomic E-state index is 14.0. The minimum Gasteiger partial charge on any atom is -0.495 e. The molecule has 29 heavy (non-hydrogen) atoms. The van der Waals surface area contributed by atoms with Gasteiger partial charge in [-0.15, -0.1) is 0 Å². The summed E-state index contributed by atoms with van der Waals surface area (Å²) in [4.78, 5) is 19.4. The number of halogens is 2. The molecule has 0 spiro atoms. The predicted octanol–water partition coefficient (Wildman–Crippen LogP) is 4.97. The molecule has 1 aliphatic rings. The van der Waals surface area contributed by atoms with Crippen LogP contribution in [-0.4, -0.2) is 47.5 Å². The molecule has 8 heteroatoms. The fourth-order valence-electron chi connectivity index (χ4n) is 3.29. The van der Waals surface area contributed by atoms with Gasteiger partial charge in [0.1, 0.15) is 11.6 Å². The van der Waals surface area contributed by atoms with E-state index < -0.39 is 5.82 Å². The van der Waals surface area contributed by atoms with Gasteiger partial charge in [-0.05, 0) is 36.4 Å². The molecule has 2 heterocycles. The largest absolute Gasteiger partial charge is 0.495 e. The van der Waals surface area contributed by atoms with Crippen LogP contribution in [-0.2, 0) is 0 Å². The number of fused-ring (bicyclic) bond motifs is 1. The fraction of sp³-hybridized carbons (Fsp3) is 0.238. The topological polar surface area (TPSA) is 54.5 Å². The standard InChI is InChI=1S/C21H19ClFN3O2S/c1-28-19-5-3-14(11-17(19)22)25-20-15-10-13(23)2-4-18(15)24-12-16(20)21(27)26-6-8-29-9-7-26/h2-5,10-12H,6-9H2,1H3,(H,24,25). The van der Waals surface area contributed by atoms with Gasteiger partial charge in [-0.2, -0.15) is 11.8 Å².